The summed E-state index contributed by atoms with van der Waals surface area (Å²) in [7, 11) is 1.90. The third-order valence-electron chi connectivity index (χ3n) is 4.64. The van der Waals surface area contributed by atoms with E-state index in [1.807, 2.05) is 73.5 Å². The molecule has 2 unspecified atom stereocenters. The summed E-state index contributed by atoms with van der Waals surface area (Å²) in [4.78, 5) is 26.1. The number of ether oxygens (including phenoxy) is 1. The second kappa shape index (κ2) is 8.68. The summed E-state index contributed by atoms with van der Waals surface area (Å²) in [5.41, 5.74) is 0.717. The normalized spacial score (nSPS) is 19.5. The van der Waals surface area contributed by atoms with Gasteiger partial charge >= 0.3 is 0 Å². The number of carbonyl (C=O) groups is 2. The average Bonchev–Trinajstić information content (AvgIpc) is 3.04. The lowest BCUT2D eigenvalue weighted by atomic mass is 10.1. The third-order valence-corrected chi connectivity index (χ3v) is 4.64. The third kappa shape index (κ3) is 5.08. The Labute approximate surface area is 159 Å². The molecule has 6 heteroatoms. The van der Waals surface area contributed by atoms with Gasteiger partial charge in [0.15, 0.2) is 0 Å². The van der Waals surface area contributed by atoms with Crippen LogP contribution in [-0.4, -0.2) is 42.4 Å². The van der Waals surface area contributed by atoms with E-state index in [0.29, 0.717) is 25.1 Å². The first-order valence-corrected chi connectivity index (χ1v) is 9.18. The van der Waals surface area contributed by atoms with E-state index in [9.17, 15) is 9.59 Å². The van der Waals surface area contributed by atoms with E-state index in [4.69, 9.17) is 4.74 Å². The summed E-state index contributed by atoms with van der Waals surface area (Å²) in [6, 6.07) is 16.6. The molecule has 0 radical (unpaired) electrons. The fourth-order valence-corrected chi connectivity index (χ4v) is 3.20. The number of likely N-dealkylation sites (N-methyl/N-ethyl adjacent to an activating group) is 1. The molecule has 1 aliphatic heterocycles. The van der Waals surface area contributed by atoms with E-state index in [1.165, 1.54) is 0 Å². The Morgan fingerprint density at radius 1 is 1.07 bits per heavy atom. The van der Waals surface area contributed by atoms with Crippen LogP contribution in [0.25, 0.3) is 0 Å². The molecule has 0 aliphatic carbocycles. The minimum Gasteiger partial charge on any atom is -0.457 e. The Morgan fingerprint density at radius 3 is 2.41 bits per heavy atom. The molecule has 1 heterocycles. The molecule has 1 aliphatic rings. The van der Waals surface area contributed by atoms with Crippen LogP contribution < -0.4 is 15.4 Å². The molecule has 2 N–H and O–H groups in total. The van der Waals surface area contributed by atoms with Gasteiger partial charge in [0, 0.05) is 24.7 Å². The van der Waals surface area contributed by atoms with Crippen molar-refractivity contribution in [2.45, 2.75) is 31.8 Å². The predicted molar refractivity (Wildman–Crippen MR) is 105 cm³/mol. The van der Waals surface area contributed by atoms with Gasteiger partial charge in [-0.1, -0.05) is 25.1 Å². The highest BCUT2D eigenvalue weighted by atomic mass is 16.5. The quantitative estimate of drug-likeness (QED) is 0.823. The maximum atomic E-state index is 12.6. The second-order valence-corrected chi connectivity index (χ2v) is 6.74. The zero-order valence-electron chi connectivity index (χ0n) is 15.6. The molecule has 2 aromatic rings. The SMILES string of the molecule is CCC(=O)NC1CC(C(=O)Nc2ccc(Oc3ccccc3)cc2)N(C)C1. The lowest BCUT2D eigenvalue weighted by Gasteiger charge is -2.18. The molecule has 2 amide bonds. The Hall–Kier alpha value is -2.86. The van der Waals surface area contributed by atoms with Gasteiger partial charge in [-0.3, -0.25) is 14.5 Å². The van der Waals surface area contributed by atoms with Crippen LogP contribution in [0, 0.1) is 0 Å². The molecule has 3 rings (SSSR count). The second-order valence-electron chi connectivity index (χ2n) is 6.74. The summed E-state index contributed by atoms with van der Waals surface area (Å²) >= 11 is 0. The molecule has 2 atom stereocenters. The van der Waals surface area contributed by atoms with Crippen molar-refractivity contribution in [3.8, 4) is 11.5 Å². The summed E-state index contributed by atoms with van der Waals surface area (Å²) < 4.78 is 5.76. The highest BCUT2D eigenvalue weighted by Gasteiger charge is 2.34. The summed E-state index contributed by atoms with van der Waals surface area (Å²) in [6.45, 7) is 2.50. The molecule has 0 aromatic heterocycles. The van der Waals surface area contributed by atoms with Crippen LogP contribution >= 0.6 is 0 Å². The standard InChI is InChI=1S/C21H25N3O3/c1-3-20(25)22-16-13-19(24(2)14-16)21(26)23-15-9-11-18(12-10-15)27-17-7-5-4-6-8-17/h4-12,16,19H,3,13-14H2,1-2H3,(H,22,25)(H,23,26). The van der Waals surface area contributed by atoms with Crippen molar-refractivity contribution >= 4 is 17.5 Å². The number of nitrogens with zero attached hydrogens (tertiary/aromatic N) is 1. The lowest BCUT2D eigenvalue weighted by Crippen LogP contribution is -2.37. The maximum Gasteiger partial charge on any atom is 0.241 e. The monoisotopic (exact) mass is 367 g/mol. The molecule has 2 aromatic carbocycles. The largest absolute Gasteiger partial charge is 0.457 e. The van der Waals surface area contributed by atoms with Crippen molar-refractivity contribution < 1.29 is 14.3 Å². The van der Waals surface area contributed by atoms with Crippen LogP contribution in [0.5, 0.6) is 11.5 Å². The van der Waals surface area contributed by atoms with Gasteiger partial charge in [-0.25, -0.2) is 0 Å². The number of anilines is 1. The van der Waals surface area contributed by atoms with E-state index in [2.05, 4.69) is 10.6 Å². The zero-order valence-corrected chi connectivity index (χ0v) is 15.6. The van der Waals surface area contributed by atoms with E-state index < -0.39 is 0 Å². The molecule has 0 saturated carbocycles. The van der Waals surface area contributed by atoms with Gasteiger partial charge in [0.05, 0.1) is 6.04 Å². The lowest BCUT2D eigenvalue weighted by molar-refractivity contribution is -0.122. The number of para-hydroxylation sites is 1. The molecular weight excluding hydrogens is 342 g/mol. The number of likely N-dealkylation sites (tertiary alicyclic amines) is 1. The Morgan fingerprint density at radius 2 is 1.74 bits per heavy atom. The molecule has 6 nitrogen and oxygen atoms in total. The zero-order chi connectivity index (χ0) is 19.2. The first-order valence-electron chi connectivity index (χ1n) is 9.18. The Bertz CT molecular complexity index is 777. The van der Waals surface area contributed by atoms with Gasteiger partial charge in [0.25, 0.3) is 0 Å². The van der Waals surface area contributed by atoms with Crippen LogP contribution in [0.15, 0.2) is 54.6 Å². The molecule has 1 fully saturated rings. The van der Waals surface area contributed by atoms with E-state index in [0.717, 1.165) is 11.4 Å². The smallest absolute Gasteiger partial charge is 0.241 e. The Kier molecular flexibility index (Phi) is 6.08. The van der Waals surface area contributed by atoms with Crippen LogP contribution in [0.1, 0.15) is 19.8 Å². The predicted octanol–water partition coefficient (Wildman–Crippen LogP) is 3.02. The summed E-state index contributed by atoms with van der Waals surface area (Å²) in [5, 5.41) is 5.91. The average molecular weight is 367 g/mol. The number of nitrogens with one attached hydrogen (secondary N) is 2. The highest BCUT2D eigenvalue weighted by Crippen LogP contribution is 2.23. The number of hydrogen-bond acceptors (Lipinski definition) is 4. The van der Waals surface area contributed by atoms with Gasteiger partial charge in [-0.15, -0.1) is 0 Å². The molecule has 142 valence electrons. The van der Waals surface area contributed by atoms with E-state index in [-0.39, 0.29) is 23.9 Å². The van der Waals surface area contributed by atoms with Gasteiger partial charge in [0.2, 0.25) is 11.8 Å². The van der Waals surface area contributed by atoms with Gasteiger partial charge in [-0.2, -0.15) is 0 Å². The molecule has 1 saturated heterocycles. The molecular formula is C21H25N3O3. The number of amides is 2. The van der Waals surface area contributed by atoms with E-state index >= 15 is 0 Å². The van der Waals surface area contributed by atoms with E-state index in [1.54, 1.807) is 0 Å². The topological polar surface area (TPSA) is 70.7 Å². The minimum absolute atomic E-state index is 0.0137. The number of benzene rings is 2. The van der Waals surface area contributed by atoms with Gasteiger partial charge in [0.1, 0.15) is 11.5 Å². The first kappa shape index (κ1) is 18.9. The van der Waals surface area contributed by atoms with Crippen LogP contribution in [0.3, 0.4) is 0 Å². The maximum absolute atomic E-state index is 12.6. The van der Waals surface area contributed by atoms with Crippen molar-refractivity contribution in [2.75, 3.05) is 18.9 Å². The molecule has 0 bridgehead atoms. The van der Waals surface area contributed by atoms with Gasteiger partial charge in [-0.05, 0) is 49.9 Å². The van der Waals surface area contributed by atoms with Crippen molar-refractivity contribution in [1.29, 1.82) is 0 Å². The van der Waals surface area contributed by atoms with Crippen LogP contribution in [-0.2, 0) is 9.59 Å². The van der Waals surface area contributed by atoms with Crippen molar-refractivity contribution in [3.63, 3.8) is 0 Å². The Balaban J connectivity index is 1.55. The fraction of sp³-hybridized carbons (Fsp3) is 0.333. The number of carbonyl (C=O) groups excluding carboxylic acids is 2. The molecule has 0 spiro atoms. The molecule has 27 heavy (non-hydrogen) atoms. The highest BCUT2D eigenvalue weighted by molar-refractivity contribution is 5.95. The number of hydrogen-bond donors (Lipinski definition) is 2. The van der Waals surface area contributed by atoms with Gasteiger partial charge < -0.3 is 15.4 Å². The van der Waals surface area contributed by atoms with Crippen LogP contribution in [0.2, 0.25) is 0 Å². The number of rotatable bonds is 6. The summed E-state index contributed by atoms with van der Waals surface area (Å²) in [6.07, 6.45) is 1.07. The van der Waals surface area contributed by atoms with Crippen molar-refractivity contribution in [3.05, 3.63) is 54.6 Å². The van der Waals surface area contributed by atoms with Crippen LogP contribution in [0.4, 0.5) is 5.69 Å². The fourth-order valence-electron chi connectivity index (χ4n) is 3.20. The summed E-state index contributed by atoms with van der Waals surface area (Å²) in [5.74, 6) is 1.42. The van der Waals surface area contributed by atoms with Crippen molar-refractivity contribution in [2.24, 2.45) is 0 Å². The first-order chi connectivity index (χ1) is 13.0. The van der Waals surface area contributed by atoms with Crippen molar-refractivity contribution in [1.82, 2.24) is 10.2 Å². The minimum atomic E-state index is -0.257.